The van der Waals surface area contributed by atoms with Crippen LogP contribution in [0.15, 0.2) is 29.2 Å². The minimum Gasteiger partial charge on any atom is -0.481 e. The first-order valence-electron chi connectivity index (χ1n) is 7.52. The van der Waals surface area contributed by atoms with Crippen molar-refractivity contribution in [3.63, 3.8) is 0 Å². The second-order valence-electron chi connectivity index (χ2n) is 6.39. The van der Waals surface area contributed by atoms with Crippen LogP contribution >= 0.6 is 0 Å². The molecular formula is C15H23N3O4S. The molecule has 1 unspecified atom stereocenters. The van der Waals surface area contributed by atoms with E-state index in [2.05, 4.69) is 4.98 Å². The molecule has 128 valence electrons. The molecule has 0 radical (unpaired) electrons. The smallest absolute Gasteiger partial charge is 0.311 e. The maximum Gasteiger partial charge on any atom is 0.311 e. The van der Waals surface area contributed by atoms with Crippen LogP contribution in [0.25, 0.3) is 0 Å². The lowest BCUT2D eigenvalue weighted by atomic mass is 9.77. The van der Waals surface area contributed by atoms with Gasteiger partial charge in [-0.15, -0.1) is 0 Å². The van der Waals surface area contributed by atoms with Crippen molar-refractivity contribution in [2.24, 2.45) is 12.5 Å². The number of hydrogen-bond acceptors (Lipinski definition) is 4. The zero-order chi connectivity index (χ0) is 17.3. The second kappa shape index (κ2) is 6.45. The molecular weight excluding hydrogens is 318 g/mol. The predicted octanol–water partition coefficient (Wildman–Crippen LogP) is 1.63. The average molecular weight is 341 g/mol. The summed E-state index contributed by atoms with van der Waals surface area (Å²) in [7, 11) is -2.07. The number of aryl methyl sites for hydroxylation is 1. The summed E-state index contributed by atoms with van der Waals surface area (Å²) in [5, 5.41) is 9.65. The van der Waals surface area contributed by atoms with Crippen LogP contribution in [0.1, 0.15) is 33.1 Å². The third-order valence-corrected chi connectivity index (χ3v) is 5.91. The molecule has 1 saturated heterocycles. The van der Waals surface area contributed by atoms with Crippen LogP contribution in [0.2, 0.25) is 0 Å². The van der Waals surface area contributed by atoms with Crippen molar-refractivity contribution in [3.05, 3.63) is 24.2 Å². The predicted molar refractivity (Wildman–Crippen MR) is 85.3 cm³/mol. The van der Waals surface area contributed by atoms with E-state index < -0.39 is 21.4 Å². The molecule has 0 spiro atoms. The van der Waals surface area contributed by atoms with Crippen molar-refractivity contribution < 1.29 is 18.3 Å². The highest BCUT2D eigenvalue weighted by Crippen LogP contribution is 2.36. The highest BCUT2D eigenvalue weighted by molar-refractivity contribution is 7.89. The Labute approximate surface area is 136 Å². The summed E-state index contributed by atoms with van der Waals surface area (Å²) in [6.07, 6.45) is 6.05. The summed E-state index contributed by atoms with van der Waals surface area (Å²) in [5.41, 5.74) is -0.0486. The Morgan fingerprint density at radius 2 is 2.17 bits per heavy atom. The molecule has 2 heterocycles. The Morgan fingerprint density at radius 3 is 2.70 bits per heavy atom. The summed E-state index contributed by atoms with van der Waals surface area (Å²) >= 11 is 0. The van der Waals surface area contributed by atoms with Gasteiger partial charge in [0.1, 0.15) is 0 Å². The van der Waals surface area contributed by atoms with Crippen LogP contribution < -0.4 is 0 Å². The van der Waals surface area contributed by atoms with Gasteiger partial charge in [-0.2, -0.15) is 4.31 Å². The van der Waals surface area contributed by atoms with E-state index in [1.807, 2.05) is 19.9 Å². The summed E-state index contributed by atoms with van der Waals surface area (Å²) in [6, 6.07) is 0. The molecule has 23 heavy (non-hydrogen) atoms. The Hall–Kier alpha value is -1.67. The van der Waals surface area contributed by atoms with Crippen LogP contribution in [0.5, 0.6) is 0 Å². The van der Waals surface area contributed by atoms with Crippen molar-refractivity contribution in [2.45, 2.75) is 38.1 Å². The number of nitrogens with zero attached hydrogens (tertiary/aromatic N) is 3. The molecule has 1 atom stereocenters. The molecule has 1 aromatic rings. The minimum atomic E-state index is -3.77. The molecule has 1 aromatic heterocycles. The van der Waals surface area contributed by atoms with Gasteiger partial charge in [0, 0.05) is 26.3 Å². The molecule has 0 amide bonds. The molecule has 0 aromatic carbocycles. The molecule has 0 bridgehead atoms. The average Bonchev–Trinajstić information content (AvgIpc) is 2.92. The van der Waals surface area contributed by atoms with Gasteiger partial charge in [0.15, 0.2) is 5.03 Å². The number of sulfonamides is 1. The van der Waals surface area contributed by atoms with Crippen molar-refractivity contribution in [3.8, 4) is 0 Å². The number of rotatable bonds is 5. The van der Waals surface area contributed by atoms with E-state index in [0.29, 0.717) is 25.8 Å². The van der Waals surface area contributed by atoms with Crippen LogP contribution in [-0.4, -0.2) is 46.4 Å². The fourth-order valence-electron chi connectivity index (χ4n) is 2.78. The fraction of sp³-hybridized carbons (Fsp3) is 0.600. The number of piperidine rings is 1. The second-order valence-corrected chi connectivity index (χ2v) is 8.28. The molecule has 1 aliphatic heterocycles. The van der Waals surface area contributed by atoms with Crippen molar-refractivity contribution in [1.29, 1.82) is 0 Å². The standard InChI is InChI=1S/C15H23N3O4S/c1-12(2)5-7-15(14(19)20)6-4-8-18(10-15)23(21,22)13-9-17(3)11-16-13/h5,9,11H,4,6-8,10H2,1-3H3,(H,19,20). The first-order chi connectivity index (χ1) is 10.7. The Bertz CT molecular complexity index is 719. The van der Waals surface area contributed by atoms with Crippen LogP contribution in [0.3, 0.4) is 0 Å². The van der Waals surface area contributed by atoms with Gasteiger partial charge in [-0.05, 0) is 33.1 Å². The van der Waals surface area contributed by atoms with Gasteiger partial charge < -0.3 is 9.67 Å². The lowest BCUT2D eigenvalue weighted by molar-refractivity contribution is -0.151. The van der Waals surface area contributed by atoms with Gasteiger partial charge in [-0.3, -0.25) is 4.79 Å². The Balaban J connectivity index is 2.31. The van der Waals surface area contributed by atoms with Gasteiger partial charge in [0.2, 0.25) is 0 Å². The van der Waals surface area contributed by atoms with E-state index in [4.69, 9.17) is 0 Å². The maximum atomic E-state index is 12.7. The zero-order valence-electron chi connectivity index (χ0n) is 13.7. The summed E-state index contributed by atoms with van der Waals surface area (Å²) in [5.74, 6) is -0.948. The largest absolute Gasteiger partial charge is 0.481 e. The van der Waals surface area contributed by atoms with Crippen molar-refractivity contribution in [1.82, 2.24) is 13.9 Å². The number of hydrogen-bond donors (Lipinski definition) is 1. The van der Waals surface area contributed by atoms with Gasteiger partial charge in [0.25, 0.3) is 10.0 Å². The number of carboxylic acids is 1. The molecule has 0 saturated carbocycles. The molecule has 1 N–H and O–H groups in total. The third kappa shape index (κ3) is 3.64. The summed E-state index contributed by atoms with van der Waals surface area (Å²) < 4.78 is 28.2. The summed E-state index contributed by atoms with van der Waals surface area (Å²) in [6.45, 7) is 4.11. The number of imidazole rings is 1. The van der Waals surface area contributed by atoms with Crippen LogP contribution in [0, 0.1) is 5.41 Å². The first-order valence-corrected chi connectivity index (χ1v) is 8.96. The number of aromatic nitrogens is 2. The van der Waals surface area contributed by atoms with Gasteiger partial charge in [0.05, 0.1) is 11.7 Å². The van der Waals surface area contributed by atoms with Crippen LogP contribution in [-0.2, 0) is 21.9 Å². The molecule has 2 rings (SSSR count). The van der Waals surface area contributed by atoms with Crippen molar-refractivity contribution >= 4 is 16.0 Å². The number of carbonyl (C=O) groups is 1. The minimum absolute atomic E-state index is 0.0228. The SMILES string of the molecule is CC(C)=CCC1(C(=O)O)CCCN(S(=O)(=O)c2cn(C)cn2)C1. The topological polar surface area (TPSA) is 92.5 Å². The van der Waals surface area contributed by atoms with E-state index in [-0.39, 0.29) is 11.6 Å². The van der Waals surface area contributed by atoms with Gasteiger partial charge >= 0.3 is 5.97 Å². The number of carboxylic acid groups (broad SMARTS) is 1. The van der Waals surface area contributed by atoms with Gasteiger partial charge in [-0.1, -0.05) is 11.6 Å². The summed E-state index contributed by atoms with van der Waals surface area (Å²) in [4.78, 5) is 15.7. The molecule has 7 nitrogen and oxygen atoms in total. The van der Waals surface area contributed by atoms with E-state index in [0.717, 1.165) is 5.57 Å². The quantitative estimate of drug-likeness (QED) is 0.822. The zero-order valence-corrected chi connectivity index (χ0v) is 14.5. The normalized spacial score (nSPS) is 22.7. The molecule has 0 aliphatic carbocycles. The first kappa shape index (κ1) is 17.7. The Kier molecular flexibility index (Phi) is 4.95. The lowest BCUT2D eigenvalue weighted by Gasteiger charge is -2.38. The Morgan fingerprint density at radius 1 is 1.48 bits per heavy atom. The van der Waals surface area contributed by atoms with E-state index in [9.17, 15) is 18.3 Å². The van der Waals surface area contributed by atoms with Crippen LogP contribution in [0.4, 0.5) is 0 Å². The third-order valence-electron chi connectivity index (χ3n) is 4.18. The molecule has 1 fully saturated rings. The lowest BCUT2D eigenvalue weighted by Crippen LogP contribution is -2.49. The fourth-order valence-corrected chi connectivity index (χ4v) is 4.31. The highest BCUT2D eigenvalue weighted by atomic mass is 32.2. The molecule has 1 aliphatic rings. The maximum absolute atomic E-state index is 12.7. The van der Waals surface area contributed by atoms with E-state index >= 15 is 0 Å². The number of aliphatic carboxylic acids is 1. The van der Waals surface area contributed by atoms with Gasteiger partial charge in [-0.25, -0.2) is 13.4 Å². The van der Waals surface area contributed by atoms with E-state index in [1.165, 1.54) is 16.8 Å². The van der Waals surface area contributed by atoms with E-state index in [1.54, 1.807) is 11.6 Å². The highest BCUT2D eigenvalue weighted by Gasteiger charge is 2.45. The monoisotopic (exact) mass is 341 g/mol. The molecule has 8 heteroatoms. The number of allylic oxidation sites excluding steroid dienone is 2. The van der Waals surface area contributed by atoms with Crippen molar-refractivity contribution in [2.75, 3.05) is 13.1 Å².